The number of ether oxygens (including phenoxy) is 1. The summed E-state index contributed by atoms with van der Waals surface area (Å²) in [6, 6.07) is 1.94. The molecule has 1 aromatic heterocycles. The fourth-order valence-electron chi connectivity index (χ4n) is 2.28. The molecule has 0 bridgehead atoms. The van der Waals surface area contributed by atoms with Crippen LogP contribution in [0.5, 0.6) is 0 Å². The smallest absolute Gasteiger partial charge is 0.138 e. The summed E-state index contributed by atoms with van der Waals surface area (Å²) < 4.78 is 5.63. The van der Waals surface area contributed by atoms with E-state index >= 15 is 0 Å². The maximum absolute atomic E-state index is 5.63. The molecule has 0 spiro atoms. The standard InChI is InChI=1S/C15H26N4O/c1-14(2,3)13-18-11(16-4)9-12(19-13)17-10-15(20-5)7-6-8-15/h9H,6-8,10H2,1-5H3,(H2,16,17,18,19). The van der Waals surface area contributed by atoms with Crippen molar-refractivity contribution in [3.05, 3.63) is 11.9 Å². The van der Waals surface area contributed by atoms with Crippen LogP contribution in [0.1, 0.15) is 45.9 Å². The highest BCUT2D eigenvalue weighted by molar-refractivity contribution is 5.48. The number of rotatable bonds is 5. The fourth-order valence-corrected chi connectivity index (χ4v) is 2.28. The van der Waals surface area contributed by atoms with Crippen LogP contribution in [0, 0.1) is 0 Å². The van der Waals surface area contributed by atoms with Crippen molar-refractivity contribution in [1.82, 2.24) is 9.97 Å². The first kappa shape index (κ1) is 15.0. The van der Waals surface area contributed by atoms with Crippen LogP contribution in [0.3, 0.4) is 0 Å². The lowest BCUT2D eigenvalue weighted by molar-refractivity contribution is -0.0601. The van der Waals surface area contributed by atoms with E-state index < -0.39 is 0 Å². The van der Waals surface area contributed by atoms with Crippen molar-refractivity contribution >= 4 is 11.6 Å². The van der Waals surface area contributed by atoms with E-state index in [4.69, 9.17) is 4.74 Å². The molecule has 5 heteroatoms. The Labute approximate surface area is 121 Å². The molecular formula is C15H26N4O. The van der Waals surface area contributed by atoms with E-state index in [0.717, 1.165) is 36.8 Å². The van der Waals surface area contributed by atoms with E-state index in [0.29, 0.717) is 0 Å². The van der Waals surface area contributed by atoms with Crippen molar-refractivity contribution < 1.29 is 4.74 Å². The summed E-state index contributed by atoms with van der Waals surface area (Å²) in [5.41, 5.74) is -0.0780. The third kappa shape index (κ3) is 3.20. The van der Waals surface area contributed by atoms with Crippen LogP contribution in [0.2, 0.25) is 0 Å². The summed E-state index contributed by atoms with van der Waals surface area (Å²) in [5, 5.41) is 6.51. The molecule has 1 aromatic rings. The first-order valence-corrected chi connectivity index (χ1v) is 7.25. The van der Waals surface area contributed by atoms with Crippen LogP contribution >= 0.6 is 0 Å². The minimum atomic E-state index is -0.0707. The van der Waals surface area contributed by atoms with Crippen molar-refractivity contribution in [3.8, 4) is 0 Å². The Balaban J connectivity index is 2.14. The summed E-state index contributed by atoms with van der Waals surface area (Å²) in [7, 11) is 3.67. The third-order valence-electron chi connectivity index (χ3n) is 3.94. The third-order valence-corrected chi connectivity index (χ3v) is 3.94. The number of aromatic nitrogens is 2. The molecule has 0 amide bonds. The largest absolute Gasteiger partial charge is 0.376 e. The molecule has 0 aliphatic heterocycles. The van der Waals surface area contributed by atoms with Gasteiger partial charge in [0, 0.05) is 32.2 Å². The highest BCUT2D eigenvalue weighted by Crippen LogP contribution is 2.35. The Morgan fingerprint density at radius 2 is 1.90 bits per heavy atom. The van der Waals surface area contributed by atoms with Gasteiger partial charge in [0.15, 0.2) is 0 Å². The van der Waals surface area contributed by atoms with Gasteiger partial charge in [-0.05, 0) is 19.3 Å². The monoisotopic (exact) mass is 278 g/mol. The Hall–Kier alpha value is -1.36. The van der Waals surface area contributed by atoms with Crippen LogP contribution in [0.25, 0.3) is 0 Å². The number of nitrogens with zero attached hydrogens (tertiary/aromatic N) is 2. The second-order valence-corrected chi connectivity index (χ2v) is 6.56. The van der Waals surface area contributed by atoms with Gasteiger partial charge in [0.25, 0.3) is 0 Å². The highest BCUT2D eigenvalue weighted by Gasteiger charge is 2.36. The van der Waals surface area contributed by atoms with Crippen molar-refractivity contribution in [3.63, 3.8) is 0 Å². The van der Waals surface area contributed by atoms with Crippen LogP contribution in [0.4, 0.5) is 11.6 Å². The second-order valence-electron chi connectivity index (χ2n) is 6.56. The van der Waals surface area contributed by atoms with Crippen molar-refractivity contribution in [2.45, 2.75) is 51.0 Å². The summed E-state index contributed by atoms with van der Waals surface area (Å²) in [4.78, 5) is 9.16. The summed E-state index contributed by atoms with van der Waals surface area (Å²) in [5.74, 6) is 2.54. The highest BCUT2D eigenvalue weighted by atomic mass is 16.5. The number of methoxy groups -OCH3 is 1. The van der Waals surface area contributed by atoms with Gasteiger partial charge in [0.1, 0.15) is 17.5 Å². The van der Waals surface area contributed by atoms with Gasteiger partial charge in [-0.2, -0.15) is 0 Å². The quantitative estimate of drug-likeness (QED) is 0.867. The average Bonchev–Trinajstić information content (AvgIpc) is 2.36. The molecule has 2 N–H and O–H groups in total. The molecule has 0 saturated heterocycles. The summed E-state index contributed by atoms with van der Waals surface area (Å²) in [6.07, 6.45) is 3.48. The molecule has 0 unspecified atom stereocenters. The van der Waals surface area contributed by atoms with E-state index in [1.54, 1.807) is 7.11 Å². The summed E-state index contributed by atoms with van der Waals surface area (Å²) in [6.45, 7) is 7.16. The lowest BCUT2D eigenvalue weighted by atomic mass is 9.80. The van der Waals surface area contributed by atoms with Gasteiger partial charge >= 0.3 is 0 Å². The zero-order chi connectivity index (χ0) is 14.8. The topological polar surface area (TPSA) is 59.1 Å². The molecule has 20 heavy (non-hydrogen) atoms. The van der Waals surface area contributed by atoms with E-state index in [-0.39, 0.29) is 11.0 Å². The SMILES string of the molecule is CNc1cc(NCC2(OC)CCC2)nc(C(C)(C)C)n1. The molecule has 1 heterocycles. The van der Waals surface area contributed by atoms with Crippen LogP contribution in [-0.4, -0.2) is 36.3 Å². The van der Waals surface area contributed by atoms with Gasteiger partial charge in [-0.25, -0.2) is 9.97 Å². The van der Waals surface area contributed by atoms with E-state index in [9.17, 15) is 0 Å². The zero-order valence-corrected chi connectivity index (χ0v) is 13.2. The molecule has 5 nitrogen and oxygen atoms in total. The molecule has 2 rings (SSSR count). The number of nitrogens with one attached hydrogen (secondary N) is 2. The molecule has 112 valence electrons. The van der Waals surface area contributed by atoms with E-state index in [2.05, 4.69) is 41.4 Å². The molecule has 1 fully saturated rings. The van der Waals surface area contributed by atoms with E-state index in [1.165, 1.54) is 6.42 Å². The van der Waals surface area contributed by atoms with Crippen molar-refractivity contribution in [2.24, 2.45) is 0 Å². The molecule has 1 aliphatic carbocycles. The Morgan fingerprint density at radius 1 is 1.25 bits per heavy atom. The molecule has 1 saturated carbocycles. The van der Waals surface area contributed by atoms with Gasteiger partial charge in [-0.1, -0.05) is 20.8 Å². The molecule has 0 radical (unpaired) electrons. The predicted molar refractivity (Wildman–Crippen MR) is 82.4 cm³/mol. The Bertz CT molecular complexity index is 458. The van der Waals surface area contributed by atoms with Crippen LogP contribution in [-0.2, 0) is 10.2 Å². The Morgan fingerprint density at radius 3 is 2.35 bits per heavy atom. The van der Waals surface area contributed by atoms with E-state index in [1.807, 2.05) is 13.1 Å². The first-order chi connectivity index (χ1) is 9.38. The number of hydrogen-bond acceptors (Lipinski definition) is 5. The number of hydrogen-bond donors (Lipinski definition) is 2. The lowest BCUT2D eigenvalue weighted by Crippen LogP contribution is -2.45. The van der Waals surface area contributed by atoms with Crippen LogP contribution < -0.4 is 10.6 Å². The van der Waals surface area contributed by atoms with Gasteiger partial charge in [0.05, 0.1) is 5.60 Å². The first-order valence-electron chi connectivity index (χ1n) is 7.25. The van der Waals surface area contributed by atoms with Gasteiger partial charge in [0.2, 0.25) is 0 Å². The predicted octanol–water partition coefficient (Wildman–Crippen LogP) is 2.80. The molecular weight excluding hydrogens is 252 g/mol. The molecule has 1 aliphatic rings. The van der Waals surface area contributed by atoms with Crippen LogP contribution in [0.15, 0.2) is 6.07 Å². The van der Waals surface area contributed by atoms with Crippen molar-refractivity contribution in [1.29, 1.82) is 0 Å². The average molecular weight is 278 g/mol. The molecule has 0 aromatic carbocycles. The van der Waals surface area contributed by atoms with Gasteiger partial charge in [-0.3, -0.25) is 0 Å². The van der Waals surface area contributed by atoms with Crippen molar-refractivity contribution in [2.75, 3.05) is 31.3 Å². The number of anilines is 2. The van der Waals surface area contributed by atoms with Gasteiger partial charge < -0.3 is 15.4 Å². The normalized spacial score (nSPS) is 17.4. The Kier molecular flexibility index (Phi) is 4.18. The minimum absolute atomic E-state index is 0.00729. The molecule has 0 atom stereocenters. The fraction of sp³-hybridized carbons (Fsp3) is 0.733. The van der Waals surface area contributed by atoms with Gasteiger partial charge in [-0.15, -0.1) is 0 Å². The second kappa shape index (κ2) is 5.56. The lowest BCUT2D eigenvalue weighted by Gasteiger charge is -2.40. The minimum Gasteiger partial charge on any atom is -0.376 e. The summed E-state index contributed by atoms with van der Waals surface area (Å²) >= 11 is 0. The maximum atomic E-state index is 5.63. The zero-order valence-electron chi connectivity index (χ0n) is 13.2. The maximum Gasteiger partial charge on any atom is 0.138 e.